The maximum absolute atomic E-state index is 3.46. The molecule has 0 amide bonds. The van der Waals surface area contributed by atoms with Crippen molar-refractivity contribution in [2.75, 3.05) is 44.2 Å². The van der Waals surface area contributed by atoms with Crippen molar-refractivity contribution >= 4 is 5.69 Å². The van der Waals surface area contributed by atoms with Crippen LogP contribution in [0.15, 0.2) is 24.3 Å². The Labute approximate surface area is 121 Å². The van der Waals surface area contributed by atoms with Gasteiger partial charge in [0.2, 0.25) is 0 Å². The zero-order chi connectivity index (χ0) is 13.4. The van der Waals surface area contributed by atoms with Crippen molar-refractivity contribution in [1.82, 2.24) is 10.2 Å². The molecule has 3 fully saturated rings. The van der Waals surface area contributed by atoms with Gasteiger partial charge in [0.1, 0.15) is 0 Å². The van der Waals surface area contributed by atoms with Crippen LogP contribution in [0.4, 0.5) is 5.69 Å². The standard InChI is InChI=1S/C17H25N3/c1-2-17-13-20(11-10-19(17)9-1)16-5-3-14(4-6-16)15-7-8-18-12-15/h3-6,15,17-18H,1-2,7-13H2. The molecule has 108 valence electrons. The molecule has 4 rings (SSSR count). The lowest BCUT2D eigenvalue weighted by atomic mass is 9.98. The largest absolute Gasteiger partial charge is 0.369 e. The van der Waals surface area contributed by atoms with E-state index in [2.05, 4.69) is 39.4 Å². The van der Waals surface area contributed by atoms with Crippen LogP contribution in [0.1, 0.15) is 30.7 Å². The molecule has 0 spiro atoms. The van der Waals surface area contributed by atoms with Crippen LogP contribution < -0.4 is 10.2 Å². The Hall–Kier alpha value is -1.06. The van der Waals surface area contributed by atoms with Crippen molar-refractivity contribution in [3.63, 3.8) is 0 Å². The second-order valence-corrected chi connectivity index (χ2v) is 6.56. The number of anilines is 1. The van der Waals surface area contributed by atoms with Gasteiger partial charge in [-0.25, -0.2) is 0 Å². The van der Waals surface area contributed by atoms with Crippen LogP contribution in [0, 0.1) is 0 Å². The Morgan fingerprint density at radius 3 is 2.70 bits per heavy atom. The van der Waals surface area contributed by atoms with E-state index in [4.69, 9.17) is 0 Å². The van der Waals surface area contributed by atoms with Crippen molar-refractivity contribution in [2.45, 2.75) is 31.2 Å². The predicted octanol–water partition coefficient (Wildman–Crippen LogP) is 2.05. The summed E-state index contributed by atoms with van der Waals surface area (Å²) in [6.45, 7) is 7.33. The zero-order valence-electron chi connectivity index (χ0n) is 12.2. The van der Waals surface area contributed by atoms with Gasteiger partial charge in [-0.1, -0.05) is 12.1 Å². The van der Waals surface area contributed by atoms with E-state index in [1.54, 1.807) is 0 Å². The smallest absolute Gasteiger partial charge is 0.0367 e. The summed E-state index contributed by atoms with van der Waals surface area (Å²) in [5.74, 6) is 0.732. The van der Waals surface area contributed by atoms with Crippen LogP contribution in [0.5, 0.6) is 0 Å². The summed E-state index contributed by atoms with van der Waals surface area (Å²) in [6, 6.07) is 10.2. The van der Waals surface area contributed by atoms with E-state index in [-0.39, 0.29) is 0 Å². The van der Waals surface area contributed by atoms with Crippen molar-refractivity contribution < 1.29 is 0 Å². The highest BCUT2D eigenvalue weighted by Crippen LogP contribution is 2.28. The maximum Gasteiger partial charge on any atom is 0.0367 e. The van der Waals surface area contributed by atoms with Crippen molar-refractivity contribution in [2.24, 2.45) is 0 Å². The Kier molecular flexibility index (Phi) is 3.41. The lowest BCUT2D eigenvalue weighted by molar-refractivity contribution is 0.231. The second-order valence-electron chi connectivity index (χ2n) is 6.56. The highest BCUT2D eigenvalue weighted by Gasteiger charge is 2.30. The van der Waals surface area contributed by atoms with E-state index >= 15 is 0 Å². The monoisotopic (exact) mass is 271 g/mol. The molecule has 0 saturated carbocycles. The van der Waals surface area contributed by atoms with Crippen molar-refractivity contribution in [3.05, 3.63) is 29.8 Å². The topological polar surface area (TPSA) is 18.5 Å². The van der Waals surface area contributed by atoms with Crippen LogP contribution in [0.25, 0.3) is 0 Å². The van der Waals surface area contributed by atoms with Gasteiger partial charge >= 0.3 is 0 Å². The molecule has 3 aliphatic rings. The number of hydrogen-bond donors (Lipinski definition) is 1. The predicted molar refractivity (Wildman–Crippen MR) is 83.5 cm³/mol. The fourth-order valence-corrected chi connectivity index (χ4v) is 4.12. The molecule has 3 saturated heterocycles. The van der Waals surface area contributed by atoms with Crippen molar-refractivity contribution in [3.8, 4) is 0 Å². The van der Waals surface area contributed by atoms with Gasteiger partial charge in [0, 0.05) is 37.9 Å². The lowest BCUT2D eigenvalue weighted by Gasteiger charge is -2.38. The summed E-state index contributed by atoms with van der Waals surface area (Å²) in [4.78, 5) is 5.26. The third-order valence-corrected chi connectivity index (χ3v) is 5.38. The van der Waals surface area contributed by atoms with Crippen LogP contribution in [-0.2, 0) is 0 Å². The summed E-state index contributed by atoms with van der Waals surface area (Å²) < 4.78 is 0. The fourth-order valence-electron chi connectivity index (χ4n) is 4.12. The Morgan fingerprint density at radius 2 is 1.90 bits per heavy atom. The first-order chi connectivity index (χ1) is 9.90. The minimum absolute atomic E-state index is 0.732. The van der Waals surface area contributed by atoms with E-state index in [9.17, 15) is 0 Å². The highest BCUT2D eigenvalue weighted by atomic mass is 15.3. The van der Waals surface area contributed by atoms with Gasteiger partial charge in [-0.15, -0.1) is 0 Å². The number of rotatable bonds is 2. The normalized spacial score (nSPS) is 30.7. The molecule has 2 atom stereocenters. The van der Waals surface area contributed by atoms with Gasteiger partial charge in [0.15, 0.2) is 0 Å². The van der Waals surface area contributed by atoms with Gasteiger partial charge < -0.3 is 10.2 Å². The third-order valence-electron chi connectivity index (χ3n) is 5.38. The minimum Gasteiger partial charge on any atom is -0.369 e. The summed E-state index contributed by atoms with van der Waals surface area (Å²) >= 11 is 0. The Bertz CT molecular complexity index is 450. The summed E-state index contributed by atoms with van der Waals surface area (Å²) in [7, 11) is 0. The average molecular weight is 271 g/mol. The van der Waals surface area contributed by atoms with E-state index in [1.165, 1.54) is 63.2 Å². The first-order valence-corrected chi connectivity index (χ1v) is 8.20. The molecule has 0 aliphatic carbocycles. The van der Waals surface area contributed by atoms with Gasteiger partial charge in [0.25, 0.3) is 0 Å². The molecular formula is C17H25N3. The van der Waals surface area contributed by atoms with E-state index < -0.39 is 0 Å². The first-order valence-electron chi connectivity index (χ1n) is 8.20. The summed E-state index contributed by atoms with van der Waals surface area (Å²) in [5, 5.41) is 3.46. The Balaban J connectivity index is 1.45. The molecule has 1 N–H and O–H groups in total. The minimum atomic E-state index is 0.732. The molecule has 1 aromatic carbocycles. The molecule has 3 nitrogen and oxygen atoms in total. The first kappa shape index (κ1) is 12.7. The maximum atomic E-state index is 3.46. The summed E-state index contributed by atoms with van der Waals surface area (Å²) in [6.07, 6.45) is 4.08. The van der Waals surface area contributed by atoms with E-state index in [1.807, 2.05) is 0 Å². The third kappa shape index (κ3) is 2.33. The highest BCUT2D eigenvalue weighted by molar-refractivity contribution is 5.49. The van der Waals surface area contributed by atoms with Gasteiger partial charge in [-0.05, 0) is 56.0 Å². The number of fused-ring (bicyclic) bond motifs is 1. The van der Waals surface area contributed by atoms with Crippen LogP contribution in [0.3, 0.4) is 0 Å². The molecule has 0 aromatic heterocycles. The Morgan fingerprint density at radius 1 is 1.00 bits per heavy atom. The van der Waals surface area contributed by atoms with Gasteiger partial charge in [-0.3, -0.25) is 4.90 Å². The van der Waals surface area contributed by atoms with E-state index in [0.29, 0.717) is 0 Å². The molecule has 3 heterocycles. The molecule has 20 heavy (non-hydrogen) atoms. The average Bonchev–Trinajstić information content (AvgIpc) is 3.18. The van der Waals surface area contributed by atoms with Crippen LogP contribution in [0.2, 0.25) is 0 Å². The van der Waals surface area contributed by atoms with Crippen molar-refractivity contribution in [1.29, 1.82) is 0 Å². The molecule has 0 radical (unpaired) electrons. The molecule has 2 unspecified atom stereocenters. The summed E-state index contributed by atoms with van der Waals surface area (Å²) in [5.41, 5.74) is 2.93. The van der Waals surface area contributed by atoms with E-state index in [0.717, 1.165) is 18.5 Å². The molecule has 1 aromatic rings. The number of nitrogens with zero attached hydrogens (tertiary/aromatic N) is 2. The zero-order valence-corrected chi connectivity index (χ0v) is 12.2. The molecule has 3 heteroatoms. The SMILES string of the molecule is c1cc(N2CCN3CCCC3C2)ccc1C1CCNC1. The molecule has 3 aliphatic heterocycles. The fraction of sp³-hybridized carbons (Fsp3) is 0.647. The van der Waals surface area contributed by atoms with Gasteiger partial charge in [0.05, 0.1) is 0 Å². The molecule has 0 bridgehead atoms. The second kappa shape index (κ2) is 5.38. The van der Waals surface area contributed by atoms with Crippen LogP contribution >= 0.6 is 0 Å². The number of piperazine rings is 1. The molecular weight excluding hydrogens is 246 g/mol. The lowest BCUT2D eigenvalue weighted by Crippen LogP contribution is -2.50. The number of benzene rings is 1. The van der Waals surface area contributed by atoms with Gasteiger partial charge in [-0.2, -0.15) is 0 Å². The van der Waals surface area contributed by atoms with Crippen LogP contribution in [-0.4, -0.2) is 50.2 Å². The number of nitrogens with one attached hydrogen (secondary N) is 1. The number of hydrogen-bond acceptors (Lipinski definition) is 3. The quantitative estimate of drug-likeness (QED) is 0.888.